The molecular weight excluding hydrogens is 292 g/mol. The second-order valence-electron chi connectivity index (χ2n) is 6.17. The molecule has 0 rings (SSSR count). The maximum atomic E-state index is 11.8. The zero-order chi connectivity index (χ0) is 17.0. The summed E-state index contributed by atoms with van der Waals surface area (Å²) in [4.78, 5) is 11.8. The van der Waals surface area contributed by atoms with Gasteiger partial charge < -0.3 is 9.16 Å². The van der Waals surface area contributed by atoms with Crippen molar-refractivity contribution in [2.24, 2.45) is 0 Å². The summed E-state index contributed by atoms with van der Waals surface area (Å²) in [5.41, 5.74) is 0.486. The number of rotatable bonds is 13. The third kappa shape index (κ3) is 8.13. The fourth-order valence-corrected chi connectivity index (χ4v) is 5.97. The predicted molar refractivity (Wildman–Crippen MR) is 96.6 cm³/mol. The van der Waals surface area contributed by atoms with Crippen molar-refractivity contribution in [1.29, 1.82) is 0 Å². The highest BCUT2D eigenvalue weighted by molar-refractivity contribution is 6.73. The molecule has 4 heteroatoms. The molecular formula is C18H36O3Si. The normalized spacial score (nSPS) is 13.0. The summed E-state index contributed by atoms with van der Waals surface area (Å²) in [6.07, 6.45) is 5.39. The van der Waals surface area contributed by atoms with Crippen molar-refractivity contribution in [3.63, 3.8) is 0 Å². The van der Waals surface area contributed by atoms with Crippen molar-refractivity contribution >= 4 is 14.3 Å². The molecule has 0 aromatic carbocycles. The van der Waals surface area contributed by atoms with Gasteiger partial charge >= 0.3 is 5.97 Å². The van der Waals surface area contributed by atoms with E-state index in [0.29, 0.717) is 5.57 Å². The van der Waals surface area contributed by atoms with E-state index in [0.717, 1.165) is 44.0 Å². The Kier molecular flexibility index (Phi) is 11.6. The van der Waals surface area contributed by atoms with E-state index in [1.54, 1.807) is 6.92 Å². The Balaban J connectivity index is 4.65. The minimum atomic E-state index is -1.65. The van der Waals surface area contributed by atoms with Crippen molar-refractivity contribution in [2.75, 3.05) is 6.61 Å². The smallest absolute Gasteiger partial charge is 0.333 e. The molecule has 0 aromatic heterocycles. The maximum Gasteiger partial charge on any atom is 0.333 e. The summed E-state index contributed by atoms with van der Waals surface area (Å²) in [6.45, 7) is 14.9. The van der Waals surface area contributed by atoms with E-state index >= 15 is 0 Å². The molecule has 22 heavy (non-hydrogen) atoms. The van der Waals surface area contributed by atoms with Crippen LogP contribution in [0.1, 0.15) is 66.7 Å². The van der Waals surface area contributed by atoms with Gasteiger partial charge in [0.05, 0.1) is 0 Å². The van der Waals surface area contributed by atoms with Gasteiger partial charge in [-0.3, -0.25) is 0 Å². The molecule has 0 radical (unpaired) electrons. The molecule has 0 aliphatic rings. The van der Waals surface area contributed by atoms with Crippen LogP contribution in [-0.2, 0) is 14.0 Å². The third-order valence-electron chi connectivity index (χ3n) is 4.41. The number of carbonyl (C=O) groups excluding carboxylic acids is 1. The molecule has 0 saturated heterocycles. The van der Waals surface area contributed by atoms with Gasteiger partial charge in [0.25, 0.3) is 0 Å². The number of hydrogen-bond donors (Lipinski definition) is 0. The number of carbonyl (C=O) groups is 1. The van der Waals surface area contributed by atoms with Gasteiger partial charge in [0.2, 0.25) is 0 Å². The molecule has 0 heterocycles. The summed E-state index contributed by atoms with van der Waals surface area (Å²) in [6, 6.07) is 3.34. The fraction of sp³-hybridized carbons (Fsp3) is 0.833. The van der Waals surface area contributed by atoms with Crippen LogP contribution < -0.4 is 0 Å². The van der Waals surface area contributed by atoms with E-state index in [1.165, 1.54) is 12.8 Å². The highest BCUT2D eigenvalue weighted by atomic mass is 28.4. The monoisotopic (exact) mass is 328 g/mol. The second-order valence-corrected chi connectivity index (χ2v) is 10.7. The Labute approximate surface area is 138 Å². The van der Waals surface area contributed by atoms with E-state index in [4.69, 9.17) is 9.16 Å². The fourth-order valence-electron chi connectivity index (χ4n) is 2.75. The Hall–Kier alpha value is -0.613. The molecule has 0 bridgehead atoms. The van der Waals surface area contributed by atoms with E-state index in [-0.39, 0.29) is 12.1 Å². The molecule has 0 aromatic rings. The van der Waals surface area contributed by atoms with Gasteiger partial charge in [0.15, 0.2) is 8.32 Å². The van der Waals surface area contributed by atoms with Crippen molar-refractivity contribution in [3.05, 3.63) is 12.2 Å². The lowest BCUT2D eigenvalue weighted by Gasteiger charge is -2.30. The Bertz CT molecular complexity index is 324. The third-order valence-corrected chi connectivity index (χ3v) is 9.09. The van der Waals surface area contributed by atoms with Gasteiger partial charge in [-0.1, -0.05) is 40.2 Å². The first-order valence-corrected chi connectivity index (χ1v) is 11.5. The molecule has 0 N–H and O–H groups in total. The van der Waals surface area contributed by atoms with E-state index in [2.05, 4.69) is 34.3 Å². The zero-order valence-corrected chi connectivity index (χ0v) is 16.4. The molecule has 0 aliphatic carbocycles. The topological polar surface area (TPSA) is 35.5 Å². The van der Waals surface area contributed by atoms with Gasteiger partial charge in [-0.15, -0.1) is 0 Å². The summed E-state index contributed by atoms with van der Waals surface area (Å²) in [7, 11) is -1.65. The second kappa shape index (κ2) is 11.9. The number of esters is 1. The molecule has 3 nitrogen and oxygen atoms in total. The first kappa shape index (κ1) is 21.4. The molecule has 0 fully saturated rings. The van der Waals surface area contributed by atoms with Crippen LogP contribution >= 0.6 is 0 Å². The minimum absolute atomic E-state index is 0.0150. The predicted octanol–water partition coefficient (Wildman–Crippen LogP) is 5.47. The SMILES string of the molecule is C=C(C)C(=O)OC(CCCCC)CC[Si](CC)(CC)OCC. The molecule has 130 valence electrons. The first-order chi connectivity index (χ1) is 10.4. The molecule has 0 amide bonds. The summed E-state index contributed by atoms with van der Waals surface area (Å²) in [5, 5.41) is 0. The largest absolute Gasteiger partial charge is 0.459 e. The lowest BCUT2D eigenvalue weighted by atomic mass is 10.1. The van der Waals surface area contributed by atoms with Gasteiger partial charge in [0.1, 0.15) is 6.10 Å². The number of ether oxygens (including phenoxy) is 1. The Morgan fingerprint density at radius 3 is 2.18 bits per heavy atom. The van der Waals surface area contributed by atoms with Crippen molar-refractivity contribution in [1.82, 2.24) is 0 Å². The number of hydrogen-bond acceptors (Lipinski definition) is 3. The van der Waals surface area contributed by atoms with Crippen molar-refractivity contribution < 1.29 is 14.0 Å². The average Bonchev–Trinajstić information content (AvgIpc) is 2.51. The lowest BCUT2D eigenvalue weighted by Crippen LogP contribution is -2.38. The summed E-state index contributed by atoms with van der Waals surface area (Å²) in [5.74, 6) is -0.252. The maximum absolute atomic E-state index is 11.8. The molecule has 0 aliphatic heterocycles. The Morgan fingerprint density at radius 1 is 1.09 bits per heavy atom. The molecule has 0 saturated carbocycles. The lowest BCUT2D eigenvalue weighted by molar-refractivity contribution is -0.144. The van der Waals surface area contributed by atoms with Crippen molar-refractivity contribution in [2.45, 2.75) is 91.0 Å². The van der Waals surface area contributed by atoms with E-state index in [9.17, 15) is 4.79 Å². The average molecular weight is 329 g/mol. The van der Waals surface area contributed by atoms with Crippen LogP contribution in [0.25, 0.3) is 0 Å². The van der Waals surface area contributed by atoms with Crippen LogP contribution in [-0.4, -0.2) is 27.0 Å². The van der Waals surface area contributed by atoms with E-state index in [1.807, 2.05) is 0 Å². The van der Waals surface area contributed by atoms with Crippen LogP contribution in [0, 0.1) is 0 Å². The van der Waals surface area contributed by atoms with Gasteiger partial charge in [-0.2, -0.15) is 0 Å². The summed E-state index contributed by atoms with van der Waals surface area (Å²) >= 11 is 0. The van der Waals surface area contributed by atoms with Crippen molar-refractivity contribution in [3.8, 4) is 0 Å². The minimum Gasteiger partial charge on any atom is -0.459 e. The molecule has 0 spiro atoms. The zero-order valence-electron chi connectivity index (χ0n) is 15.4. The van der Waals surface area contributed by atoms with E-state index < -0.39 is 8.32 Å². The quantitative estimate of drug-likeness (QED) is 0.195. The molecule has 1 atom stereocenters. The standard InChI is InChI=1S/C18H36O3Si/c1-7-11-12-13-17(21-18(19)16(5)6)14-15-22(9-3,10-4)20-8-2/h17H,5,7-15H2,1-4,6H3. The van der Waals surface area contributed by atoms with Gasteiger partial charge in [0, 0.05) is 12.2 Å². The first-order valence-electron chi connectivity index (χ1n) is 8.95. The highest BCUT2D eigenvalue weighted by Crippen LogP contribution is 2.26. The summed E-state index contributed by atoms with van der Waals surface area (Å²) < 4.78 is 11.8. The number of unbranched alkanes of at least 4 members (excludes halogenated alkanes) is 2. The van der Waals surface area contributed by atoms with Crippen LogP contribution in [0.15, 0.2) is 12.2 Å². The van der Waals surface area contributed by atoms with Crippen LogP contribution in [0.5, 0.6) is 0 Å². The van der Waals surface area contributed by atoms with Gasteiger partial charge in [-0.25, -0.2) is 4.79 Å². The molecule has 1 unspecified atom stereocenters. The highest BCUT2D eigenvalue weighted by Gasteiger charge is 2.31. The Morgan fingerprint density at radius 2 is 1.73 bits per heavy atom. The van der Waals surface area contributed by atoms with Gasteiger partial charge in [-0.05, 0) is 51.2 Å². The van der Waals surface area contributed by atoms with Crippen LogP contribution in [0.3, 0.4) is 0 Å². The van der Waals surface area contributed by atoms with Crippen LogP contribution in [0.4, 0.5) is 0 Å². The van der Waals surface area contributed by atoms with Crippen LogP contribution in [0.2, 0.25) is 18.1 Å².